The van der Waals surface area contributed by atoms with Gasteiger partial charge >= 0.3 is 0 Å². The average molecular weight is 341 g/mol. The summed E-state index contributed by atoms with van der Waals surface area (Å²) in [5, 5.41) is 6.49. The maximum Gasteiger partial charge on any atom is 0.228 e. The molecule has 4 nitrogen and oxygen atoms in total. The van der Waals surface area contributed by atoms with Crippen LogP contribution in [0.4, 0.5) is 0 Å². The molecule has 0 bridgehead atoms. The number of amides is 1. The van der Waals surface area contributed by atoms with Crippen LogP contribution in [0.1, 0.15) is 32.3 Å². The summed E-state index contributed by atoms with van der Waals surface area (Å²) in [6.45, 7) is 7.20. The van der Waals surface area contributed by atoms with E-state index < -0.39 is 0 Å². The van der Waals surface area contributed by atoms with E-state index in [2.05, 4.69) is 36.6 Å². The van der Waals surface area contributed by atoms with Crippen molar-refractivity contribution in [3.63, 3.8) is 0 Å². The van der Waals surface area contributed by atoms with Gasteiger partial charge in [0.2, 0.25) is 5.91 Å². The van der Waals surface area contributed by atoms with Crippen molar-refractivity contribution in [3.8, 4) is 0 Å². The first kappa shape index (κ1) is 19.9. The largest absolute Gasteiger partial charge is 0.384 e. The van der Waals surface area contributed by atoms with Crippen LogP contribution in [0.25, 0.3) is 0 Å². The summed E-state index contributed by atoms with van der Waals surface area (Å²) in [4.78, 5) is 12.8. The molecule has 0 saturated carbocycles. The molecular formula is C18H29ClN2O2. The van der Waals surface area contributed by atoms with Crippen LogP contribution in [0.5, 0.6) is 0 Å². The number of halogens is 1. The van der Waals surface area contributed by atoms with Crippen molar-refractivity contribution in [2.75, 3.05) is 33.4 Å². The van der Waals surface area contributed by atoms with Gasteiger partial charge in [-0.15, -0.1) is 12.4 Å². The molecular weight excluding hydrogens is 312 g/mol. The third-order valence-electron chi connectivity index (χ3n) is 4.71. The Labute approximate surface area is 145 Å². The van der Waals surface area contributed by atoms with Gasteiger partial charge in [0.15, 0.2) is 0 Å². The zero-order valence-corrected chi connectivity index (χ0v) is 15.2. The van der Waals surface area contributed by atoms with E-state index in [1.165, 1.54) is 5.56 Å². The number of ether oxygens (including phenoxy) is 1. The van der Waals surface area contributed by atoms with E-state index in [0.717, 1.165) is 25.9 Å². The van der Waals surface area contributed by atoms with Crippen LogP contribution in [-0.2, 0) is 14.9 Å². The first-order valence-electron chi connectivity index (χ1n) is 8.04. The van der Waals surface area contributed by atoms with Crippen LogP contribution >= 0.6 is 12.4 Å². The number of methoxy groups -OCH3 is 1. The summed E-state index contributed by atoms with van der Waals surface area (Å²) >= 11 is 0. The third-order valence-corrected chi connectivity index (χ3v) is 4.71. The first-order chi connectivity index (χ1) is 10.5. The van der Waals surface area contributed by atoms with Gasteiger partial charge in [-0.1, -0.05) is 44.2 Å². The minimum atomic E-state index is -0.382. The normalized spacial score (nSPS) is 17.2. The van der Waals surface area contributed by atoms with Crippen LogP contribution < -0.4 is 10.6 Å². The number of benzene rings is 1. The molecule has 0 aromatic heterocycles. The first-order valence-corrected chi connectivity index (χ1v) is 8.04. The van der Waals surface area contributed by atoms with Crippen molar-refractivity contribution >= 4 is 18.3 Å². The molecule has 23 heavy (non-hydrogen) atoms. The van der Waals surface area contributed by atoms with E-state index in [0.29, 0.717) is 13.2 Å². The topological polar surface area (TPSA) is 50.4 Å². The van der Waals surface area contributed by atoms with Crippen LogP contribution in [-0.4, -0.2) is 39.3 Å². The molecule has 1 heterocycles. The quantitative estimate of drug-likeness (QED) is 0.836. The Kier molecular flexibility index (Phi) is 7.52. The summed E-state index contributed by atoms with van der Waals surface area (Å²) in [7, 11) is 1.67. The monoisotopic (exact) mass is 340 g/mol. The molecule has 1 aromatic carbocycles. The second kappa shape index (κ2) is 8.67. The van der Waals surface area contributed by atoms with Gasteiger partial charge in [0.1, 0.15) is 0 Å². The molecule has 1 aliphatic heterocycles. The summed E-state index contributed by atoms with van der Waals surface area (Å²) in [5.41, 5.74) is 0.770. The van der Waals surface area contributed by atoms with E-state index >= 15 is 0 Å². The molecule has 2 N–H and O–H groups in total. The van der Waals surface area contributed by atoms with Crippen LogP contribution in [0.3, 0.4) is 0 Å². The van der Waals surface area contributed by atoms with Gasteiger partial charge in [0, 0.05) is 19.1 Å². The number of carbonyl (C=O) groups excluding carboxylic acids is 1. The second-order valence-corrected chi connectivity index (χ2v) is 6.90. The molecule has 0 aliphatic carbocycles. The highest BCUT2D eigenvalue weighted by atomic mass is 35.5. The lowest BCUT2D eigenvalue weighted by atomic mass is 9.78. The number of piperidine rings is 1. The third kappa shape index (κ3) is 4.93. The highest BCUT2D eigenvalue weighted by molar-refractivity contribution is 5.85. The van der Waals surface area contributed by atoms with Gasteiger partial charge in [-0.25, -0.2) is 0 Å². The van der Waals surface area contributed by atoms with Crippen molar-refractivity contribution in [1.82, 2.24) is 10.6 Å². The molecule has 0 atom stereocenters. The Morgan fingerprint density at radius 3 is 2.43 bits per heavy atom. The zero-order valence-electron chi connectivity index (χ0n) is 14.4. The predicted molar refractivity (Wildman–Crippen MR) is 96.1 cm³/mol. The number of rotatable bonds is 6. The summed E-state index contributed by atoms with van der Waals surface area (Å²) < 4.78 is 5.33. The van der Waals surface area contributed by atoms with Gasteiger partial charge in [-0.2, -0.15) is 0 Å². The molecule has 1 aliphatic rings. The smallest absolute Gasteiger partial charge is 0.228 e. The Morgan fingerprint density at radius 2 is 1.87 bits per heavy atom. The Balaban J connectivity index is 0.00000264. The van der Waals surface area contributed by atoms with E-state index in [4.69, 9.17) is 4.74 Å². The highest BCUT2D eigenvalue weighted by Gasteiger charge is 2.40. The lowest BCUT2D eigenvalue weighted by molar-refractivity contribution is -0.136. The van der Waals surface area contributed by atoms with Crippen molar-refractivity contribution < 1.29 is 9.53 Å². The minimum Gasteiger partial charge on any atom is -0.384 e. The molecule has 1 amide bonds. The van der Waals surface area contributed by atoms with E-state index in [9.17, 15) is 4.79 Å². The number of nitrogens with one attached hydrogen (secondary N) is 2. The predicted octanol–water partition coefficient (Wildman–Crippen LogP) is 2.52. The zero-order chi connectivity index (χ0) is 16.1. The summed E-state index contributed by atoms with van der Waals surface area (Å²) in [6.07, 6.45) is 1.66. The van der Waals surface area contributed by atoms with Crippen LogP contribution in [0.2, 0.25) is 0 Å². The fraction of sp³-hybridized carbons (Fsp3) is 0.611. The molecule has 130 valence electrons. The van der Waals surface area contributed by atoms with Crippen LogP contribution in [0, 0.1) is 5.41 Å². The lowest BCUT2D eigenvalue weighted by Crippen LogP contribution is -2.52. The van der Waals surface area contributed by atoms with Crippen molar-refractivity contribution in [3.05, 3.63) is 35.9 Å². The Bertz CT molecular complexity index is 480. The average Bonchev–Trinajstić information content (AvgIpc) is 2.54. The van der Waals surface area contributed by atoms with E-state index in [1.54, 1.807) is 7.11 Å². The number of hydrogen-bond donors (Lipinski definition) is 2. The van der Waals surface area contributed by atoms with Gasteiger partial charge < -0.3 is 15.4 Å². The van der Waals surface area contributed by atoms with Crippen molar-refractivity contribution in [1.29, 1.82) is 0 Å². The number of hydrogen-bond acceptors (Lipinski definition) is 3. The minimum absolute atomic E-state index is 0. The fourth-order valence-electron chi connectivity index (χ4n) is 3.10. The van der Waals surface area contributed by atoms with Gasteiger partial charge in [0.05, 0.1) is 12.0 Å². The van der Waals surface area contributed by atoms with Gasteiger partial charge in [-0.3, -0.25) is 4.79 Å². The molecule has 0 radical (unpaired) electrons. The van der Waals surface area contributed by atoms with Crippen LogP contribution in [0.15, 0.2) is 30.3 Å². The number of carbonyl (C=O) groups is 1. The Hall–Kier alpha value is -1.10. The summed E-state index contributed by atoms with van der Waals surface area (Å²) in [6, 6.07) is 10.3. The molecule has 5 heteroatoms. The molecule has 0 unspecified atom stereocenters. The maximum absolute atomic E-state index is 12.8. The van der Waals surface area contributed by atoms with E-state index in [-0.39, 0.29) is 29.1 Å². The summed E-state index contributed by atoms with van der Waals surface area (Å²) in [5.74, 6) is 0.125. The van der Waals surface area contributed by atoms with Gasteiger partial charge in [0.25, 0.3) is 0 Å². The van der Waals surface area contributed by atoms with E-state index in [1.807, 2.05) is 18.2 Å². The van der Waals surface area contributed by atoms with Crippen molar-refractivity contribution in [2.24, 2.45) is 5.41 Å². The second-order valence-electron chi connectivity index (χ2n) is 6.90. The molecule has 1 fully saturated rings. The Morgan fingerprint density at radius 1 is 1.26 bits per heavy atom. The fourth-order valence-corrected chi connectivity index (χ4v) is 3.10. The molecule has 0 spiro atoms. The SMILES string of the molecule is COCC1(C(=O)NCC(C)(C)c2ccccc2)CCNCC1.Cl. The standard InChI is InChI=1S/C18H28N2O2.ClH/c1-17(2,15-7-5-4-6-8-15)13-20-16(21)18(14-22-3)9-11-19-12-10-18;/h4-8,19H,9-14H2,1-3H3,(H,20,21);1H. The lowest BCUT2D eigenvalue weighted by Gasteiger charge is -2.36. The molecule has 1 aromatic rings. The van der Waals surface area contributed by atoms with Gasteiger partial charge in [-0.05, 0) is 31.5 Å². The van der Waals surface area contributed by atoms with Crippen molar-refractivity contribution in [2.45, 2.75) is 32.1 Å². The highest BCUT2D eigenvalue weighted by Crippen LogP contribution is 2.30. The molecule has 2 rings (SSSR count). The molecule has 1 saturated heterocycles. The maximum atomic E-state index is 12.8.